The van der Waals surface area contributed by atoms with Crippen molar-refractivity contribution >= 4 is 28.4 Å². The van der Waals surface area contributed by atoms with Gasteiger partial charge in [0.15, 0.2) is 5.79 Å². The summed E-state index contributed by atoms with van der Waals surface area (Å²) >= 11 is 2.37. The Labute approximate surface area is 222 Å². The van der Waals surface area contributed by atoms with E-state index in [1.807, 2.05) is 6.08 Å². The van der Waals surface area contributed by atoms with Gasteiger partial charge in [0.05, 0.1) is 18.8 Å². The molecule has 0 bridgehead atoms. The number of halogens is 1. The highest BCUT2D eigenvalue weighted by Gasteiger charge is 2.62. The average molecular weight is 589 g/mol. The van der Waals surface area contributed by atoms with E-state index in [-0.39, 0.29) is 23.2 Å². The van der Waals surface area contributed by atoms with Crippen LogP contribution in [0.3, 0.4) is 0 Å². The largest absolute Gasteiger partial charge is 0.385 e. The van der Waals surface area contributed by atoms with Crippen molar-refractivity contribution < 1.29 is 19.4 Å². The molecule has 4 nitrogen and oxygen atoms in total. The molecule has 6 rings (SSSR count). The predicted molar refractivity (Wildman–Crippen MR) is 144 cm³/mol. The number of carbonyl (C=O) groups excluding carboxylic acids is 1. The molecule has 1 aromatic carbocycles. The zero-order chi connectivity index (χ0) is 24.6. The molecule has 1 saturated heterocycles. The number of aliphatic hydroxyl groups is 1. The zero-order valence-corrected chi connectivity index (χ0v) is 23.1. The normalized spacial score (nSPS) is 41.9. The summed E-state index contributed by atoms with van der Waals surface area (Å²) in [6.45, 7) is 9.54. The molecule has 1 heterocycles. The molecular weight excluding hydrogens is 551 g/mol. The van der Waals surface area contributed by atoms with Gasteiger partial charge in [-0.15, -0.1) is 6.58 Å². The third kappa shape index (κ3) is 3.66. The molecule has 5 aliphatic rings. The van der Waals surface area contributed by atoms with Gasteiger partial charge in [-0.25, -0.2) is 0 Å². The SMILES string of the molecule is C=C[C@@H]1C[C@H]2[C@@H]3CC[C@@]4(O)CC5(CCC4=C3C(c3ccc(I)cc3)C[C@]2(C)[C@H]1C(C)=O)OCCO5. The van der Waals surface area contributed by atoms with Gasteiger partial charge in [0.1, 0.15) is 5.78 Å². The number of ketones is 1. The lowest BCUT2D eigenvalue weighted by atomic mass is 9.50. The molecule has 1 spiro atoms. The van der Waals surface area contributed by atoms with Crippen LogP contribution in [-0.4, -0.2) is 35.5 Å². The summed E-state index contributed by atoms with van der Waals surface area (Å²) in [6.07, 6.45) is 7.91. The first-order valence-corrected chi connectivity index (χ1v) is 14.4. The smallest absolute Gasteiger partial charge is 0.171 e. The van der Waals surface area contributed by atoms with Gasteiger partial charge >= 0.3 is 0 Å². The Morgan fingerprint density at radius 2 is 1.91 bits per heavy atom. The van der Waals surface area contributed by atoms with Crippen molar-refractivity contribution in [2.75, 3.05) is 13.2 Å². The molecule has 35 heavy (non-hydrogen) atoms. The number of rotatable bonds is 3. The molecular formula is C30H37IO4. The van der Waals surface area contributed by atoms with Crippen molar-refractivity contribution in [1.29, 1.82) is 0 Å². The highest BCUT2D eigenvalue weighted by atomic mass is 127. The van der Waals surface area contributed by atoms with Gasteiger partial charge in [-0.1, -0.05) is 30.7 Å². The van der Waals surface area contributed by atoms with Crippen LogP contribution in [-0.2, 0) is 14.3 Å². The Kier molecular flexibility index (Phi) is 5.91. The fourth-order valence-corrected chi connectivity index (χ4v) is 9.47. The van der Waals surface area contributed by atoms with E-state index in [1.54, 1.807) is 6.92 Å². The van der Waals surface area contributed by atoms with E-state index in [0.717, 1.165) is 38.5 Å². The first kappa shape index (κ1) is 24.3. The Bertz CT molecular complexity index is 1070. The number of benzene rings is 1. The summed E-state index contributed by atoms with van der Waals surface area (Å²) < 4.78 is 13.3. The van der Waals surface area contributed by atoms with Crippen molar-refractivity contribution in [1.82, 2.24) is 0 Å². The van der Waals surface area contributed by atoms with Gasteiger partial charge in [-0.05, 0) is 108 Å². The molecule has 4 fully saturated rings. The molecule has 1 aromatic rings. The number of hydrogen-bond acceptors (Lipinski definition) is 4. The van der Waals surface area contributed by atoms with E-state index < -0.39 is 11.4 Å². The number of Topliss-reactive ketones (excluding diaryl/α,β-unsaturated/α-hetero) is 1. The molecule has 0 aromatic heterocycles. The van der Waals surface area contributed by atoms with E-state index >= 15 is 0 Å². The third-order valence-electron chi connectivity index (χ3n) is 10.3. The summed E-state index contributed by atoms with van der Waals surface area (Å²) in [7, 11) is 0. The molecule has 3 saturated carbocycles. The van der Waals surface area contributed by atoms with Crippen LogP contribution in [0.2, 0.25) is 0 Å². The minimum Gasteiger partial charge on any atom is -0.385 e. The van der Waals surface area contributed by atoms with E-state index in [2.05, 4.69) is 60.4 Å². The fraction of sp³-hybridized carbons (Fsp3) is 0.633. The minimum absolute atomic E-state index is 0.0265. The molecule has 5 heteroatoms. The molecule has 4 aliphatic carbocycles. The lowest BCUT2D eigenvalue weighted by molar-refractivity contribution is -0.208. The van der Waals surface area contributed by atoms with Gasteiger partial charge < -0.3 is 14.6 Å². The van der Waals surface area contributed by atoms with Crippen LogP contribution >= 0.6 is 22.6 Å². The summed E-state index contributed by atoms with van der Waals surface area (Å²) in [5, 5.41) is 12.1. The Morgan fingerprint density at radius 3 is 2.57 bits per heavy atom. The maximum Gasteiger partial charge on any atom is 0.171 e. The van der Waals surface area contributed by atoms with Gasteiger partial charge in [0.2, 0.25) is 0 Å². The lowest BCUT2D eigenvalue weighted by Crippen LogP contribution is -2.53. The van der Waals surface area contributed by atoms with Crippen molar-refractivity contribution in [2.45, 2.75) is 76.1 Å². The number of fused-ring (bicyclic) bond motifs is 4. The Balaban J connectivity index is 1.49. The van der Waals surface area contributed by atoms with Gasteiger partial charge in [-0.2, -0.15) is 0 Å². The van der Waals surface area contributed by atoms with Gasteiger partial charge in [0, 0.05) is 28.2 Å². The standard InChI is InChI=1S/C30H37IO4/c1-4-19-15-25-22-9-11-29(33)17-30(34-13-14-35-30)12-10-24(29)26(22)23(20-5-7-21(31)8-6-20)16-28(25,3)27(19)18(2)32/h4-8,19,22-23,25,27,33H,1,9-17H2,2-3H3/t19-,22+,23?,25+,27+,28+,29-/m1/s1. The molecule has 7 atom stereocenters. The highest BCUT2D eigenvalue weighted by molar-refractivity contribution is 14.1. The van der Waals surface area contributed by atoms with Crippen LogP contribution < -0.4 is 0 Å². The quantitative estimate of drug-likeness (QED) is 0.339. The number of carbonyl (C=O) groups is 1. The second-order valence-corrected chi connectivity index (χ2v) is 13.3. The van der Waals surface area contributed by atoms with Crippen molar-refractivity contribution in [3.8, 4) is 0 Å². The van der Waals surface area contributed by atoms with Gasteiger partial charge in [0.25, 0.3) is 0 Å². The molecule has 0 amide bonds. The van der Waals surface area contributed by atoms with Gasteiger partial charge in [-0.3, -0.25) is 4.79 Å². The third-order valence-corrected chi connectivity index (χ3v) is 11.1. The second kappa shape index (κ2) is 8.50. The second-order valence-electron chi connectivity index (χ2n) is 12.0. The first-order valence-electron chi connectivity index (χ1n) is 13.3. The van der Waals surface area contributed by atoms with Crippen LogP contribution in [0.15, 0.2) is 48.1 Å². The zero-order valence-electron chi connectivity index (χ0n) is 20.9. The maximum atomic E-state index is 13.0. The van der Waals surface area contributed by atoms with Crippen LogP contribution in [0.4, 0.5) is 0 Å². The van der Waals surface area contributed by atoms with E-state index in [1.165, 1.54) is 20.3 Å². The molecule has 0 radical (unpaired) electrons. The summed E-state index contributed by atoms with van der Waals surface area (Å²) in [4.78, 5) is 13.0. The Hall–Kier alpha value is -1.02. The first-order chi connectivity index (χ1) is 16.7. The minimum atomic E-state index is -0.861. The summed E-state index contributed by atoms with van der Waals surface area (Å²) in [5.41, 5.74) is 3.13. The van der Waals surface area contributed by atoms with Crippen LogP contribution in [0, 0.1) is 32.7 Å². The molecule has 1 N–H and O–H groups in total. The van der Waals surface area contributed by atoms with Crippen LogP contribution in [0.1, 0.15) is 70.3 Å². The van der Waals surface area contributed by atoms with Crippen molar-refractivity contribution in [3.63, 3.8) is 0 Å². The predicted octanol–water partition coefficient (Wildman–Crippen LogP) is 6.18. The van der Waals surface area contributed by atoms with E-state index in [4.69, 9.17) is 9.47 Å². The maximum absolute atomic E-state index is 13.0. The molecule has 1 unspecified atom stereocenters. The Morgan fingerprint density at radius 1 is 1.20 bits per heavy atom. The average Bonchev–Trinajstić information content (AvgIpc) is 3.39. The monoisotopic (exact) mass is 588 g/mol. The van der Waals surface area contributed by atoms with Crippen LogP contribution in [0.25, 0.3) is 0 Å². The van der Waals surface area contributed by atoms with Crippen molar-refractivity contribution in [2.24, 2.45) is 29.1 Å². The molecule has 188 valence electrons. The van der Waals surface area contributed by atoms with E-state index in [0.29, 0.717) is 37.3 Å². The fourth-order valence-electron chi connectivity index (χ4n) is 9.11. The number of hydrogen-bond donors (Lipinski definition) is 1. The summed E-state index contributed by atoms with van der Waals surface area (Å²) in [6, 6.07) is 8.92. The number of allylic oxidation sites excluding steroid dienone is 2. The highest BCUT2D eigenvalue weighted by Crippen LogP contribution is 2.68. The van der Waals surface area contributed by atoms with E-state index in [9.17, 15) is 9.90 Å². The number of ether oxygens (including phenoxy) is 2. The van der Waals surface area contributed by atoms with Crippen molar-refractivity contribution in [3.05, 3.63) is 57.2 Å². The lowest BCUT2D eigenvalue weighted by Gasteiger charge is -2.56. The van der Waals surface area contributed by atoms with Crippen LogP contribution in [0.5, 0.6) is 0 Å². The molecule has 1 aliphatic heterocycles. The summed E-state index contributed by atoms with van der Waals surface area (Å²) in [5.74, 6) is 1.03. The topological polar surface area (TPSA) is 55.8 Å².